The Balaban J connectivity index is 2.12. The van der Waals surface area contributed by atoms with Gasteiger partial charge >= 0.3 is 0 Å². The molecule has 0 aromatic heterocycles. The summed E-state index contributed by atoms with van der Waals surface area (Å²) in [6.07, 6.45) is 2.41. The van der Waals surface area contributed by atoms with E-state index in [9.17, 15) is 0 Å². The number of hydrogen-bond donors (Lipinski definition) is 1. The summed E-state index contributed by atoms with van der Waals surface area (Å²) < 4.78 is 12.5. The molecular formula is C15H22BrNO2. The van der Waals surface area contributed by atoms with Gasteiger partial charge in [-0.1, -0.05) is 22.9 Å². The summed E-state index contributed by atoms with van der Waals surface area (Å²) in [6.45, 7) is 5.10. The SMILES string of the molecule is CCCNCC1CCOC1c1cc(Br)ccc1OC. The Labute approximate surface area is 123 Å². The molecule has 3 nitrogen and oxygen atoms in total. The maximum absolute atomic E-state index is 5.94. The van der Waals surface area contributed by atoms with Crippen LogP contribution in [-0.2, 0) is 4.74 Å². The molecule has 0 aliphatic carbocycles. The van der Waals surface area contributed by atoms with Gasteiger partial charge in [0.15, 0.2) is 0 Å². The second-order valence-corrected chi connectivity index (χ2v) is 5.85. The van der Waals surface area contributed by atoms with E-state index in [-0.39, 0.29) is 6.10 Å². The fraction of sp³-hybridized carbons (Fsp3) is 0.600. The zero-order valence-corrected chi connectivity index (χ0v) is 13.2. The van der Waals surface area contributed by atoms with Crippen LogP contribution in [0.2, 0.25) is 0 Å². The molecule has 19 heavy (non-hydrogen) atoms. The first kappa shape index (κ1) is 14.8. The highest BCUT2D eigenvalue weighted by Gasteiger charge is 2.31. The molecule has 2 rings (SSSR count). The zero-order chi connectivity index (χ0) is 13.7. The minimum Gasteiger partial charge on any atom is -0.496 e. The second kappa shape index (κ2) is 7.27. The fourth-order valence-corrected chi connectivity index (χ4v) is 2.96. The average Bonchev–Trinajstić information content (AvgIpc) is 2.87. The number of nitrogens with one attached hydrogen (secondary N) is 1. The molecule has 1 aromatic rings. The lowest BCUT2D eigenvalue weighted by molar-refractivity contribution is 0.0882. The van der Waals surface area contributed by atoms with Crippen LogP contribution in [0.5, 0.6) is 5.75 Å². The van der Waals surface area contributed by atoms with Crippen LogP contribution < -0.4 is 10.1 Å². The highest BCUT2D eigenvalue weighted by atomic mass is 79.9. The largest absolute Gasteiger partial charge is 0.496 e. The first-order valence-electron chi connectivity index (χ1n) is 6.92. The number of hydrogen-bond acceptors (Lipinski definition) is 3. The van der Waals surface area contributed by atoms with Crippen LogP contribution in [0, 0.1) is 5.92 Å². The molecule has 106 valence electrons. The van der Waals surface area contributed by atoms with Gasteiger partial charge in [-0.25, -0.2) is 0 Å². The van der Waals surface area contributed by atoms with Crippen molar-refractivity contribution in [2.24, 2.45) is 5.92 Å². The standard InChI is InChI=1S/C15H22BrNO2/c1-3-7-17-10-11-6-8-19-15(11)13-9-12(16)4-5-14(13)18-2/h4-5,9,11,15,17H,3,6-8,10H2,1-2H3. The van der Waals surface area contributed by atoms with Gasteiger partial charge in [0, 0.05) is 29.1 Å². The molecule has 0 radical (unpaired) electrons. The molecule has 0 spiro atoms. The summed E-state index contributed by atoms with van der Waals surface area (Å²) in [5, 5.41) is 3.50. The smallest absolute Gasteiger partial charge is 0.124 e. The predicted octanol–water partition coefficient (Wildman–Crippen LogP) is 3.53. The average molecular weight is 328 g/mol. The monoisotopic (exact) mass is 327 g/mol. The molecule has 4 heteroatoms. The van der Waals surface area contributed by atoms with Crippen LogP contribution >= 0.6 is 15.9 Å². The molecule has 1 aromatic carbocycles. The number of halogens is 1. The van der Waals surface area contributed by atoms with E-state index < -0.39 is 0 Å². The minimum atomic E-state index is 0.136. The van der Waals surface area contributed by atoms with E-state index in [1.165, 1.54) is 6.42 Å². The molecule has 0 saturated carbocycles. The van der Waals surface area contributed by atoms with E-state index >= 15 is 0 Å². The summed E-state index contributed by atoms with van der Waals surface area (Å²) >= 11 is 3.53. The Morgan fingerprint density at radius 3 is 3.05 bits per heavy atom. The molecule has 1 heterocycles. The maximum atomic E-state index is 5.94. The third-order valence-corrected chi connectivity index (χ3v) is 4.04. The molecule has 1 saturated heterocycles. The lowest BCUT2D eigenvalue weighted by Crippen LogP contribution is -2.25. The third kappa shape index (κ3) is 3.71. The number of methoxy groups -OCH3 is 1. The van der Waals surface area contributed by atoms with Crippen molar-refractivity contribution in [2.75, 3.05) is 26.8 Å². The lowest BCUT2D eigenvalue weighted by Gasteiger charge is -2.21. The molecule has 0 bridgehead atoms. The van der Waals surface area contributed by atoms with Gasteiger partial charge in [-0.15, -0.1) is 0 Å². The van der Waals surface area contributed by atoms with Crippen molar-refractivity contribution in [3.8, 4) is 5.75 Å². The topological polar surface area (TPSA) is 30.5 Å². The Morgan fingerprint density at radius 2 is 2.32 bits per heavy atom. The predicted molar refractivity (Wildman–Crippen MR) is 80.7 cm³/mol. The quantitative estimate of drug-likeness (QED) is 0.811. The van der Waals surface area contributed by atoms with E-state index in [4.69, 9.17) is 9.47 Å². The minimum absolute atomic E-state index is 0.136. The van der Waals surface area contributed by atoms with Gasteiger partial charge in [0.25, 0.3) is 0 Å². The van der Waals surface area contributed by atoms with Crippen LogP contribution in [0.25, 0.3) is 0 Å². The summed E-state index contributed by atoms with van der Waals surface area (Å²) in [7, 11) is 1.71. The molecule has 2 unspecified atom stereocenters. The second-order valence-electron chi connectivity index (χ2n) is 4.93. The van der Waals surface area contributed by atoms with Crippen molar-refractivity contribution in [3.63, 3.8) is 0 Å². The molecule has 2 atom stereocenters. The van der Waals surface area contributed by atoms with E-state index in [1.807, 2.05) is 12.1 Å². The van der Waals surface area contributed by atoms with Gasteiger partial charge in [-0.3, -0.25) is 0 Å². The number of ether oxygens (including phenoxy) is 2. The normalized spacial score (nSPS) is 22.7. The molecular weight excluding hydrogens is 306 g/mol. The Kier molecular flexibility index (Phi) is 5.67. The summed E-state index contributed by atoms with van der Waals surface area (Å²) in [5.41, 5.74) is 1.15. The van der Waals surface area contributed by atoms with E-state index in [1.54, 1.807) is 7.11 Å². The third-order valence-electron chi connectivity index (χ3n) is 3.55. The maximum Gasteiger partial charge on any atom is 0.124 e. The van der Waals surface area contributed by atoms with E-state index in [0.717, 1.165) is 41.9 Å². The van der Waals surface area contributed by atoms with Crippen molar-refractivity contribution in [1.82, 2.24) is 5.32 Å². The lowest BCUT2D eigenvalue weighted by atomic mass is 9.94. The highest BCUT2D eigenvalue weighted by Crippen LogP contribution is 2.39. The van der Waals surface area contributed by atoms with Crippen LogP contribution in [0.3, 0.4) is 0 Å². The summed E-state index contributed by atoms with van der Waals surface area (Å²) in [6, 6.07) is 6.11. The van der Waals surface area contributed by atoms with Gasteiger partial charge < -0.3 is 14.8 Å². The number of benzene rings is 1. The first-order chi connectivity index (χ1) is 9.26. The van der Waals surface area contributed by atoms with Crippen molar-refractivity contribution >= 4 is 15.9 Å². The number of rotatable bonds is 6. The molecule has 1 aliphatic rings. The zero-order valence-electron chi connectivity index (χ0n) is 11.6. The Morgan fingerprint density at radius 1 is 1.47 bits per heavy atom. The van der Waals surface area contributed by atoms with Crippen molar-refractivity contribution in [3.05, 3.63) is 28.2 Å². The molecule has 1 aliphatic heterocycles. The van der Waals surface area contributed by atoms with Crippen LogP contribution in [0.15, 0.2) is 22.7 Å². The summed E-state index contributed by atoms with van der Waals surface area (Å²) in [4.78, 5) is 0. The van der Waals surface area contributed by atoms with Crippen LogP contribution in [-0.4, -0.2) is 26.8 Å². The Bertz CT molecular complexity index is 411. The molecule has 0 amide bonds. The van der Waals surface area contributed by atoms with Crippen LogP contribution in [0.4, 0.5) is 0 Å². The van der Waals surface area contributed by atoms with Crippen molar-refractivity contribution in [2.45, 2.75) is 25.9 Å². The highest BCUT2D eigenvalue weighted by molar-refractivity contribution is 9.10. The fourth-order valence-electron chi connectivity index (χ4n) is 2.58. The summed E-state index contributed by atoms with van der Waals surface area (Å²) in [5.74, 6) is 1.44. The van der Waals surface area contributed by atoms with E-state index in [2.05, 4.69) is 34.2 Å². The van der Waals surface area contributed by atoms with Gasteiger partial charge in [0.05, 0.1) is 13.2 Å². The van der Waals surface area contributed by atoms with Gasteiger partial charge in [-0.05, 0) is 37.6 Å². The van der Waals surface area contributed by atoms with Gasteiger partial charge in [-0.2, -0.15) is 0 Å². The van der Waals surface area contributed by atoms with E-state index in [0.29, 0.717) is 5.92 Å². The van der Waals surface area contributed by atoms with Crippen molar-refractivity contribution < 1.29 is 9.47 Å². The van der Waals surface area contributed by atoms with Crippen molar-refractivity contribution in [1.29, 1.82) is 0 Å². The molecule has 1 fully saturated rings. The van der Waals surface area contributed by atoms with Gasteiger partial charge in [0.1, 0.15) is 5.75 Å². The first-order valence-corrected chi connectivity index (χ1v) is 7.71. The van der Waals surface area contributed by atoms with Gasteiger partial charge in [0.2, 0.25) is 0 Å². The molecule has 1 N–H and O–H groups in total. The van der Waals surface area contributed by atoms with Crippen LogP contribution in [0.1, 0.15) is 31.4 Å². The Hall–Kier alpha value is -0.580.